The summed E-state index contributed by atoms with van der Waals surface area (Å²) >= 11 is 13.1. The zero-order chi connectivity index (χ0) is 17.8. The SMILES string of the molecule is Brc1cc(Br)cc(-c2c3ccccc3c(Br)c3sc4ccccc4c23)c1. The molecule has 0 unspecified atom stereocenters. The summed E-state index contributed by atoms with van der Waals surface area (Å²) in [4.78, 5) is 0. The lowest BCUT2D eigenvalue weighted by Gasteiger charge is -2.13. The minimum atomic E-state index is 1.07. The van der Waals surface area contributed by atoms with Gasteiger partial charge in [0.25, 0.3) is 0 Å². The summed E-state index contributed by atoms with van der Waals surface area (Å²) in [6.07, 6.45) is 0. The average Bonchev–Trinajstić information content (AvgIpc) is 3.01. The van der Waals surface area contributed by atoms with Crippen LogP contribution in [0.2, 0.25) is 0 Å². The largest absolute Gasteiger partial charge is 0.134 e. The molecule has 4 aromatic carbocycles. The molecule has 4 heteroatoms. The van der Waals surface area contributed by atoms with E-state index >= 15 is 0 Å². The number of thiophene rings is 1. The minimum Gasteiger partial charge on any atom is -0.134 e. The third-order valence-corrected chi connectivity index (χ3v) is 7.82. The maximum absolute atomic E-state index is 3.89. The summed E-state index contributed by atoms with van der Waals surface area (Å²) in [5.74, 6) is 0. The second-order valence-electron chi connectivity index (χ2n) is 6.20. The van der Waals surface area contributed by atoms with E-state index in [4.69, 9.17) is 0 Å². The normalized spacial score (nSPS) is 11.7. The molecule has 0 saturated heterocycles. The Morgan fingerprint density at radius 1 is 0.654 bits per heavy atom. The van der Waals surface area contributed by atoms with Gasteiger partial charge in [-0.1, -0.05) is 74.3 Å². The molecule has 0 amide bonds. The molecule has 26 heavy (non-hydrogen) atoms. The third-order valence-electron chi connectivity index (χ3n) is 4.63. The van der Waals surface area contributed by atoms with Gasteiger partial charge in [-0.15, -0.1) is 11.3 Å². The van der Waals surface area contributed by atoms with Crippen LogP contribution in [0.5, 0.6) is 0 Å². The number of hydrogen-bond donors (Lipinski definition) is 0. The molecule has 5 aromatic rings. The number of benzene rings is 4. The summed E-state index contributed by atoms with van der Waals surface area (Å²) in [5.41, 5.74) is 2.50. The van der Waals surface area contributed by atoms with Crippen LogP contribution >= 0.6 is 59.1 Å². The number of fused-ring (bicyclic) bond motifs is 4. The Bertz CT molecular complexity index is 1300. The fourth-order valence-corrected chi connectivity index (χ4v) is 6.84. The van der Waals surface area contributed by atoms with Gasteiger partial charge >= 0.3 is 0 Å². The highest BCUT2D eigenvalue weighted by Gasteiger charge is 2.18. The Morgan fingerprint density at radius 2 is 1.27 bits per heavy atom. The van der Waals surface area contributed by atoms with Crippen molar-refractivity contribution in [3.8, 4) is 11.1 Å². The molecule has 126 valence electrons. The molecule has 1 heterocycles. The molecule has 0 aliphatic carbocycles. The molecule has 0 aliphatic rings. The lowest BCUT2D eigenvalue weighted by Crippen LogP contribution is -1.86. The number of hydrogen-bond acceptors (Lipinski definition) is 1. The van der Waals surface area contributed by atoms with Crippen LogP contribution in [0.25, 0.3) is 42.1 Å². The summed E-state index contributed by atoms with van der Waals surface area (Å²) in [5, 5.41) is 5.14. The summed E-state index contributed by atoms with van der Waals surface area (Å²) < 4.78 is 5.94. The van der Waals surface area contributed by atoms with E-state index in [1.54, 1.807) is 0 Å². The Hall–Kier alpha value is -1.20. The van der Waals surface area contributed by atoms with Crippen LogP contribution in [0.15, 0.2) is 80.1 Å². The standard InChI is InChI=1S/C22H11Br3S/c23-13-9-12(10-14(24)11-13)19-15-5-1-2-6-16(15)21(25)22-20(19)17-7-3-4-8-18(17)26-22/h1-11H. The van der Waals surface area contributed by atoms with Crippen molar-refractivity contribution in [2.45, 2.75) is 0 Å². The Morgan fingerprint density at radius 3 is 2.00 bits per heavy atom. The Labute approximate surface area is 180 Å². The van der Waals surface area contributed by atoms with Gasteiger partial charge in [0.2, 0.25) is 0 Å². The van der Waals surface area contributed by atoms with Crippen LogP contribution in [0, 0.1) is 0 Å². The highest BCUT2D eigenvalue weighted by molar-refractivity contribution is 9.11. The van der Waals surface area contributed by atoms with Crippen LogP contribution in [-0.2, 0) is 0 Å². The van der Waals surface area contributed by atoms with E-state index in [0.29, 0.717) is 0 Å². The van der Waals surface area contributed by atoms with Gasteiger partial charge in [0, 0.05) is 28.9 Å². The van der Waals surface area contributed by atoms with Gasteiger partial charge in [-0.3, -0.25) is 0 Å². The predicted octanol–water partition coefficient (Wildman–Crippen LogP) is 9.16. The molecule has 0 saturated carbocycles. The molecule has 0 radical (unpaired) electrons. The molecule has 0 fully saturated rings. The van der Waals surface area contributed by atoms with Gasteiger partial charge in [-0.2, -0.15) is 0 Å². The molecule has 0 N–H and O–H groups in total. The van der Waals surface area contributed by atoms with Gasteiger partial charge < -0.3 is 0 Å². The van der Waals surface area contributed by atoms with Gasteiger partial charge in [0.1, 0.15) is 0 Å². The molecule has 0 spiro atoms. The summed E-state index contributed by atoms with van der Waals surface area (Å²) in [6, 6.07) is 23.8. The van der Waals surface area contributed by atoms with Gasteiger partial charge in [-0.25, -0.2) is 0 Å². The molecule has 0 bridgehead atoms. The fraction of sp³-hybridized carbons (Fsp3) is 0. The smallest absolute Gasteiger partial charge is 0.0510 e. The Kier molecular flexibility index (Phi) is 4.20. The molecule has 0 aliphatic heterocycles. The zero-order valence-corrected chi connectivity index (χ0v) is 19.0. The van der Waals surface area contributed by atoms with E-state index in [-0.39, 0.29) is 0 Å². The Balaban J connectivity index is 2.09. The van der Waals surface area contributed by atoms with E-state index in [1.807, 2.05) is 11.3 Å². The van der Waals surface area contributed by atoms with E-state index < -0.39 is 0 Å². The van der Waals surface area contributed by atoms with Gasteiger partial charge in [-0.05, 0) is 62.1 Å². The molecule has 1 aromatic heterocycles. The molecule has 0 atom stereocenters. The summed E-state index contributed by atoms with van der Waals surface area (Å²) in [7, 11) is 0. The van der Waals surface area contributed by atoms with Crippen molar-refractivity contribution in [3.05, 3.63) is 80.1 Å². The van der Waals surface area contributed by atoms with Crippen LogP contribution in [0.3, 0.4) is 0 Å². The van der Waals surface area contributed by atoms with Crippen LogP contribution in [0.4, 0.5) is 0 Å². The first kappa shape index (κ1) is 16.9. The first-order valence-corrected chi connectivity index (χ1v) is 11.3. The van der Waals surface area contributed by atoms with E-state index in [0.717, 1.165) is 8.95 Å². The van der Waals surface area contributed by atoms with Crippen molar-refractivity contribution < 1.29 is 0 Å². The van der Waals surface area contributed by atoms with Gasteiger partial charge in [0.15, 0.2) is 0 Å². The minimum absolute atomic E-state index is 1.07. The monoisotopic (exact) mass is 544 g/mol. The van der Waals surface area contributed by atoms with Crippen molar-refractivity contribution >= 4 is 90.1 Å². The maximum atomic E-state index is 3.89. The van der Waals surface area contributed by atoms with Crippen molar-refractivity contribution in [3.63, 3.8) is 0 Å². The molecular weight excluding hydrogens is 536 g/mol. The molecule has 0 nitrogen and oxygen atoms in total. The first-order chi connectivity index (χ1) is 12.6. The number of halogens is 3. The zero-order valence-electron chi connectivity index (χ0n) is 13.4. The van der Waals surface area contributed by atoms with Crippen molar-refractivity contribution in [1.29, 1.82) is 0 Å². The van der Waals surface area contributed by atoms with Crippen LogP contribution in [0.1, 0.15) is 0 Å². The van der Waals surface area contributed by atoms with Crippen molar-refractivity contribution in [2.75, 3.05) is 0 Å². The third kappa shape index (κ3) is 2.58. The lowest BCUT2D eigenvalue weighted by molar-refractivity contribution is 1.59. The van der Waals surface area contributed by atoms with Gasteiger partial charge in [0.05, 0.1) is 4.70 Å². The maximum Gasteiger partial charge on any atom is 0.0510 e. The first-order valence-electron chi connectivity index (χ1n) is 8.11. The fourth-order valence-electron chi connectivity index (χ4n) is 3.60. The van der Waals surface area contributed by atoms with Crippen molar-refractivity contribution in [1.82, 2.24) is 0 Å². The second kappa shape index (κ2) is 6.45. The molecular formula is C22H11Br3S. The quantitative estimate of drug-likeness (QED) is 0.196. The van der Waals surface area contributed by atoms with E-state index in [1.165, 1.54) is 46.5 Å². The van der Waals surface area contributed by atoms with Crippen LogP contribution < -0.4 is 0 Å². The van der Waals surface area contributed by atoms with Crippen LogP contribution in [-0.4, -0.2) is 0 Å². The topological polar surface area (TPSA) is 0 Å². The summed E-state index contributed by atoms with van der Waals surface area (Å²) in [6.45, 7) is 0. The second-order valence-corrected chi connectivity index (χ2v) is 9.87. The average molecular weight is 547 g/mol. The highest BCUT2D eigenvalue weighted by atomic mass is 79.9. The van der Waals surface area contributed by atoms with Crippen molar-refractivity contribution in [2.24, 2.45) is 0 Å². The lowest BCUT2D eigenvalue weighted by atomic mass is 9.93. The van der Waals surface area contributed by atoms with E-state index in [2.05, 4.69) is 115 Å². The number of rotatable bonds is 1. The highest BCUT2D eigenvalue weighted by Crippen LogP contribution is 2.48. The molecule has 5 rings (SSSR count). The van der Waals surface area contributed by atoms with E-state index in [9.17, 15) is 0 Å². The predicted molar refractivity (Wildman–Crippen MR) is 125 cm³/mol.